The van der Waals surface area contributed by atoms with Crippen molar-refractivity contribution in [3.63, 3.8) is 0 Å². The molecule has 18 heavy (non-hydrogen) atoms. The molecule has 0 radical (unpaired) electrons. The molecule has 0 unspecified atom stereocenters. The van der Waals surface area contributed by atoms with E-state index in [-0.39, 0.29) is 5.75 Å². The number of aromatic nitrogens is 4. The van der Waals surface area contributed by atoms with Gasteiger partial charge < -0.3 is 9.84 Å². The second-order valence-electron chi connectivity index (χ2n) is 4.19. The van der Waals surface area contributed by atoms with E-state index >= 15 is 0 Å². The number of ether oxygens (including phenoxy) is 1. The molecule has 1 aromatic heterocycles. The van der Waals surface area contributed by atoms with Crippen LogP contribution in [-0.4, -0.2) is 50.2 Å². The minimum atomic E-state index is -0.880. The third kappa shape index (κ3) is 5.97. The zero-order valence-electron chi connectivity index (χ0n) is 10.6. The molecule has 0 amide bonds. The second-order valence-corrected chi connectivity index (χ2v) is 5.13. The van der Waals surface area contributed by atoms with Crippen molar-refractivity contribution in [2.24, 2.45) is 5.92 Å². The van der Waals surface area contributed by atoms with E-state index in [1.165, 1.54) is 0 Å². The van der Waals surface area contributed by atoms with Gasteiger partial charge in [0, 0.05) is 19.8 Å². The van der Waals surface area contributed by atoms with Gasteiger partial charge in [0.25, 0.3) is 0 Å². The third-order valence-corrected chi connectivity index (χ3v) is 2.88. The van der Waals surface area contributed by atoms with Gasteiger partial charge in [-0.2, -0.15) is 0 Å². The number of carboxylic acids is 1. The van der Waals surface area contributed by atoms with Gasteiger partial charge in [0.2, 0.25) is 5.16 Å². The predicted octanol–water partition coefficient (Wildman–Crippen LogP) is 0.912. The Balaban J connectivity index is 2.25. The van der Waals surface area contributed by atoms with Crippen molar-refractivity contribution in [3.05, 3.63) is 0 Å². The standard InChI is InChI=1S/C10H18N4O3S/c1-8(2)6-17-5-3-4-14-10(11-12-13-14)18-7-9(15)16/h8H,3-7H2,1-2H3,(H,15,16). The molecule has 1 rings (SSSR count). The Hall–Kier alpha value is -1.15. The average Bonchev–Trinajstić information content (AvgIpc) is 2.73. The van der Waals surface area contributed by atoms with Crippen LogP contribution in [-0.2, 0) is 16.1 Å². The molecule has 7 nitrogen and oxygen atoms in total. The molecule has 0 saturated heterocycles. The van der Waals surface area contributed by atoms with E-state index in [2.05, 4.69) is 29.4 Å². The van der Waals surface area contributed by atoms with Crippen LogP contribution < -0.4 is 0 Å². The van der Waals surface area contributed by atoms with Gasteiger partial charge in [-0.3, -0.25) is 4.79 Å². The fourth-order valence-electron chi connectivity index (χ4n) is 1.20. The molecule has 0 aromatic carbocycles. The molecule has 0 bridgehead atoms. The van der Waals surface area contributed by atoms with Crippen molar-refractivity contribution in [1.29, 1.82) is 0 Å². The largest absolute Gasteiger partial charge is 0.481 e. The number of rotatable bonds is 9. The highest BCUT2D eigenvalue weighted by atomic mass is 32.2. The number of thioether (sulfide) groups is 1. The maximum Gasteiger partial charge on any atom is 0.313 e. The molecule has 8 heteroatoms. The Kier molecular flexibility index (Phi) is 6.66. The predicted molar refractivity (Wildman–Crippen MR) is 66.5 cm³/mol. The van der Waals surface area contributed by atoms with Crippen molar-refractivity contribution in [1.82, 2.24) is 20.2 Å². The normalized spacial score (nSPS) is 11.1. The van der Waals surface area contributed by atoms with Crippen molar-refractivity contribution in [2.45, 2.75) is 32.0 Å². The SMILES string of the molecule is CC(C)COCCCn1nnnc1SCC(=O)O. The van der Waals surface area contributed by atoms with Gasteiger partial charge >= 0.3 is 5.97 Å². The maximum atomic E-state index is 10.5. The van der Waals surface area contributed by atoms with Crippen LogP contribution in [0.25, 0.3) is 0 Å². The van der Waals surface area contributed by atoms with Crippen LogP contribution in [0.1, 0.15) is 20.3 Å². The average molecular weight is 274 g/mol. The van der Waals surface area contributed by atoms with E-state index < -0.39 is 5.97 Å². The number of aryl methyl sites for hydroxylation is 1. The maximum absolute atomic E-state index is 10.5. The van der Waals surface area contributed by atoms with Gasteiger partial charge in [0.1, 0.15) is 0 Å². The summed E-state index contributed by atoms with van der Waals surface area (Å²) in [6.07, 6.45) is 0.804. The summed E-state index contributed by atoms with van der Waals surface area (Å²) >= 11 is 1.12. The third-order valence-electron chi connectivity index (χ3n) is 1.93. The summed E-state index contributed by atoms with van der Waals surface area (Å²) in [7, 11) is 0. The van der Waals surface area contributed by atoms with Gasteiger partial charge in [-0.1, -0.05) is 25.6 Å². The van der Waals surface area contributed by atoms with Crippen molar-refractivity contribution >= 4 is 17.7 Å². The Morgan fingerprint density at radius 1 is 1.56 bits per heavy atom. The summed E-state index contributed by atoms with van der Waals surface area (Å²) < 4.78 is 7.05. The first kappa shape index (κ1) is 14.9. The Labute approximate surface area is 110 Å². The van der Waals surface area contributed by atoms with E-state index in [4.69, 9.17) is 9.84 Å². The van der Waals surface area contributed by atoms with E-state index in [1.54, 1.807) is 4.68 Å². The first-order chi connectivity index (χ1) is 8.59. The van der Waals surface area contributed by atoms with Crippen LogP contribution in [0.4, 0.5) is 0 Å². The number of aliphatic carboxylic acids is 1. The topological polar surface area (TPSA) is 90.1 Å². The number of hydrogen-bond donors (Lipinski definition) is 1. The summed E-state index contributed by atoms with van der Waals surface area (Å²) in [4.78, 5) is 10.5. The van der Waals surface area contributed by atoms with E-state index in [1.807, 2.05) is 0 Å². The molecule has 0 aliphatic heterocycles. The second kappa shape index (κ2) is 8.04. The highest BCUT2D eigenvalue weighted by Crippen LogP contribution is 2.13. The highest BCUT2D eigenvalue weighted by molar-refractivity contribution is 7.99. The van der Waals surface area contributed by atoms with Crippen LogP contribution in [0.15, 0.2) is 5.16 Å². The van der Waals surface area contributed by atoms with E-state index in [0.29, 0.717) is 24.2 Å². The number of hydrogen-bond acceptors (Lipinski definition) is 6. The summed E-state index contributed by atoms with van der Waals surface area (Å²) in [5.74, 6) is -0.390. The highest BCUT2D eigenvalue weighted by Gasteiger charge is 2.08. The van der Waals surface area contributed by atoms with Crippen molar-refractivity contribution in [3.8, 4) is 0 Å². The number of carboxylic acid groups (broad SMARTS) is 1. The molecule has 0 fully saturated rings. The molecule has 1 aromatic rings. The number of carbonyl (C=O) groups is 1. The van der Waals surface area contributed by atoms with Gasteiger partial charge in [0.15, 0.2) is 0 Å². The molecule has 0 aliphatic carbocycles. The quantitative estimate of drug-likeness (QED) is 0.528. The summed E-state index contributed by atoms with van der Waals surface area (Å²) in [6, 6.07) is 0. The Morgan fingerprint density at radius 2 is 2.33 bits per heavy atom. The van der Waals surface area contributed by atoms with Gasteiger partial charge in [-0.15, -0.1) is 5.10 Å². The van der Waals surface area contributed by atoms with Crippen LogP contribution in [0.2, 0.25) is 0 Å². The monoisotopic (exact) mass is 274 g/mol. The summed E-state index contributed by atoms with van der Waals surface area (Å²) in [6.45, 7) is 6.23. The molecule has 0 atom stereocenters. The molecule has 0 aliphatic rings. The lowest BCUT2D eigenvalue weighted by molar-refractivity contribution is -0.133. The fourth-order valence-corrected chi connectivity index (χ4v) is 1.83. The van der Waals surface area contributed by atoms with E-state index in [9.17, 15) is 4.79 Å². The minimum Gasteiger partial charge on any atom is -0.481 e. The first-order valence-electron chi connectivity index (χ1n) is 5.78. The lowest BCUT2D eigenvalue weighted by atomic mass is 10.2. The van der Waals surface area contributed by atoms with Crippen LogP contribution in [0.5, 0.6) is 0 Å². The number of nitrogens with zero attached hydrogens (tertiary/aromatic N) is 4. The van der Waals surface area contributed by atoms with Gasteiger partial charge in [-0.25, -0.2) is 4.68 Å². The summed E-state index contributed by atoms with van der Waals surface area (Å²) in [5.41, 5.74) is 0. The Bertz CT molecular complexity index is 370. The van der Waals surface area contributed by atoms with Gasteiger partial charge in [0.05, 0.1) is 5.75 Å². The first-order valence-corrected chi connectivity index (χ1v) is 6.76. The van der Waals surface area contributed by atoms with Crippen LogP contribution >= 0.6 is 11.8 Å². The smallest absolute Gasteiger partial charge is 0.313 e. The molecular formula is C10H18N4O3S. The minimum absolute atomic E-state index is 0.0375. The van der Waals surface area contributed by atoms with Crippen molar-refractivity contribution in [2.75, 3.05) is 19.0 Å². The molecule has 102 valence electrons. The lowest BCUT2D eigenvalue weighted by Gasteiger charge is -2.07. The van der Waals surface area contributed by atoms with Crippen LogP contribution in [0.3, 0.4) is 0 Å². The zero-order chi connectivity index (χ0) is 13.4. The molecule has 0 spiro atoms. The molecule has 1 N–H and O–H groups in total. The lowest BCUT2D eigenvalue weighted by Crippen LogP contribution is -2.09. The summed E-state index contributed by atoms with van der Waals surface area (Å²) in [5, 5.41) is 20.2. The zero-order valence-corrected chi connectivity index (χ0v) is 11.4. The molecule has 1 heterocycles. The van der Waals surface area contributed by atoms with Gasteiger partial charge in [-0.05, 0) is 22.8 Å². The number of tetrazole rings is 1. The molecule has 0 saturated carbocycles. The molecular weight excluding hydrogens is 256 g/mol. The van der Waals surface area contributed by atoms with Crippen molar-refractivity contribution < 1.29 is 14.6 Å². The van der Waals surface area contributed by atoms with E-state index in [0.717, 1.165) is 24.8 Å². The fraction of sp³-hybridized carbons (Fsp3) is 0.800. The Morgan fingerprint density at radius 3 is 3.00 bits per heavy atom. The van der Waals surface area contributed by atoms with Crippen LogP contribution in [0, 0.1) is 5.92 Å².